The predicted molar refractivity (Wildman–Crippen MR) is 32.6 cm³/mol. The van der Waals surface area contributed by atoms with Crippen molar-refractivity contribution in [2.45, 2.75) is 32.6 Å². The van der Waals surface area contributed by atoms with E-state index in [4.69, 9.17) is 5.73 Å². The molecule has 0 fully saturated rings. The van der Waals surface area contributed by atoms with Crippen molar-refractivity contribution in [1.29, 1.82) is 0 Å². The van der Waals surface area contributed by atoms with Crippen LogP contribution >= 0.6 is 0 Å². The molecule has 0 aromatic rings. The summed E-state index contributed by atoms with van der Waals surface area (Å²) in [7, 11) is 0. The summed E-state index contributed by atoms with van der Waals surface area (Å²) in [4.78, 5) is 0. The maximum atomic E-state index is 5.14. The van der Waals surface area contributed by atoms with Crippen LogP contribution in [0.2, 0.25) is 0 Å². The number of hydrogen-bond donors (Lipinski definition) is 1. The van der Waals surface area contributed by atoms with E-state index >= 15 is 0 Å². The van der Waals surface area contributed by atoms with Crippen molar-refractivity contribution in [3.8, 4) is 0 Å². The first-order valence-electron chi connectivity index (χ1n) is 2.95. The van der Waals surface area contributed by atoms with Gasteiger partial charge in [-0.2, -0.15) is 6.42 Å². The Morgan fingerprint density at radius 2 is 2.00 bits per heavy atom. The normalized spacial score (nSPS) is 8.25. The molecule has 0 aliphatic carbocycles. The fraction of sp³-hybridized carbons (Fsp3) is 0.833. The zero-order valence-electron chi connectivity index (χ0n) is 5.69. The Kier molecular flexibility index (Phi) is 15.0. The molecule has 0 aliphatic heterocycles. The zero-order valence-corrected chi connectivity index (χ0v) is 8.66. The summed E-state index contributed by atoms with van der Waals surface area (Å²) in [5, 5.41) is 0. The average Bonchev–Trinajstić information content (AvgIpc) is 1.69. The van der Waals surface area contributed by atoms with Crippen LogP contribution in [-0.2, 0) is 19.5 Å². The molecule has 0 saturated carbocycles. The second-order valence-corrected chi connectivity index (χ2v) is 1.73. The molecule has 0 aliphatic rings. The minimum atomic E-state index is 0. The van der Waals surface area contributed by atoms with E-state index < -0.39 is 0 Å². The van der Waals surface area contributed by atoms with Gasteiger partial charge in [0.05, 0.1) is 0 Å². The molecular weight excluding hydrogens is 151 g/mol. The van der Waals surface area contributed by atoms with Crippen LogP contribution in [-0.4, -0.2) is 0 Å². The maximum absolute atomic E-state index is 5.14. The van der Waals surface area contributed by atoms with E-state index in [0.29, 0.717) is 0 Å². The molecule has 1 nitrogen and oxygen atoms in total. The predicted octanol–water partition coefficient (Wildman–Crippen LogP) is 1.68. The molecule has 8 heavy (non-hydrogen) atoms. The van der Waals surface area contributed by atoms with Gasteiger partial charge in [0.15, 0.2) is 0 Å². The molecule has 0 aromatic carbocycles. The van der Waals surface area contributed by atoms with Crippen molar-refractivity contribution < 1.29 is 19.5 Å². The molecule has 0 bridgehead atoms. The third-order valence-electron chi connectivity index (χ3n) is 0.974. The number of unbranched alkanes of at least 4 members (excludes halogenated alkanes) is 3. The van der Waals surface area contributed by atoms with E-state index in [9.17, 15) is 0 Å². The molecule has 0 atom stereocenters. The fourth-order valence-corrected chi connectivity index (χ4v) is 0.512. The van der Waals surface area contributed by atoms with Crippen LogP contribution in [0.5, 0.6) is 0 Å². The summed E-state index contributed by atoms with van der Waals surface area (Å²) in [5.41, 5.74) is 5.14. The van der Waals surface area contributed by atoms with Crippen LogP contribution in [0.15, 0.2) is 0 Å². The molecule has 2 heteroatoms. The number of rotatable bonds is 4. The van der Waals surface area contributed by atoms with E-state index in [1.807, 2.05) is 0 Å². The van der Waals surface area contributed by atoms with Gasteiger partial charge in [-0.25, -0.2) is 0 Å². The van der Waals surface area contributed by atoms with Crippen LogP contribution in [0.25, 0.3) is 0 Å². The first-order chi connectivity index (χ1) is 3.41. The largest absolute Gasteiger partial charge is 0.483 e. The minimum absolute atomic E-state index is 0. The summed E-state index contributed by atoms with van der Waals surface area (Å²) in [6.45, 7) is 3.92. The molecule has 2 N–H and O–H groups in total. The van der Waals surface area contributed by atoms with E-state index in [2.05, 4.69) is 6.92 Å². The van der Waals surface area contributed by atoms with Gasteiger partial charge >= 0.3 is 0 Å². The average molecular weight is 166 g/mol. The quantitative estimate of drug-likeness (QED) is 0.383. The monoisotopic (exact) mass is 164 g/mol. The first kappa shape index (κ1) is 11.4. The van der Waals surface area contributed by atoms with E-state index in [1.165, 1.54) is 19.3 Å². The van der Waals surface area contributed by atoms with Crippen molar-refractivity contribution in [3.63, 3.8) is 0 Å². The van der Waals surface area contributed by atoms with Gasteiger partial charge in [0.25, 0.3) is 0 Å². The second kappa shape index (κ2) is 10.5. The minimum Gasteiger partial charge on any atom is -0.483 e. The molecule has 0 aromatic heterocycles. The van der Waals surface area contributed by atoms with Gasteiger partial charge in [-0.1, -0.05) is 26.2 Å². The van der Waals surface area contributed by atoms with E-state index in [0.717, 1.165) is 6.42 Å². The Morgan fingerprint density at radius 1 is 1.38 bits per heavy atom. The number of hydrogen-bond acceptors (Lipinski definition) is 1. The number of nitrogens with two attached hydrogens (primary N) is 1. The van der Waals surface area contributed by atoms with Gasteiger partial charge in [0.1, 0.15) is 0 Å². The molecule has 0 saturated heterocycles. The van der Waals surface area contributed by atoms with Crippen LogP contribution in [0.1, 0.15) is 32.6 Å². The third-order valence-corrected chi connectivity index (χ3v) is 0.974. The SMILES string of the molecule is CCCCC[CH-]N.[Zn]. The Bertz CT molecular complexity index is 27.7. The van der Waals surface area contributed by atoms with Crippen LogP contribution in [0.4, 0.5) is 0 Å². The van der Waals surface area contributed by atoms with Crippen molar-refractivity contribution in [2.24, 2.45) is 5.73 Å². The van der Waals surface area contributed by atoms with Crippen molar-refractivity contribution in [2.75, 3.05) is 0 Å². The Morgan fingerprint density at radius 3 is 2.38 bits per heavy atom. The van der Waals surface area contributed by atoms with Crippen molar-refractivity contribution in [1.82, 2.24) is 0 Å². The summed E-state index contributed by atoms with van der Waals surface area (Å²) in [5.74, 6) is 0. The summed E-state index contributed by atoms with van der Waals surface area (Å²) >= 11 is 0. The van der Waals surface area contributed by atoms with Gasteiger partial charge in [-0.15, -0.1) is 0 Å². The topological polar surface area (TPSA) is 26.0 Å². The molecule has 0 unspecified atom stereocenters. The zero-order chi connectivity index (χ0) is 5.54. The molecule has 0 radical (unpaired) electrons. The summed E-state index contributed by atoms with van der Waals surface area (Å²) in [6.07, 6.45) is 4.93. The molecular formula is C6H14NZn-. The van der Waals surface area contributed by atoms with Crippen molar-refractivity contribution >= 4 is 0 Å². The van der Waals surface area contributed by atoms with Crippen LogP contribution in [0, 0.1) is 6.54 Å². The Balaban J connectivity index is 0. The first-order valence-corrected chi connectivity index (χ1v) is 2.95. The summed E-state index contributed by atoms with van der Waals surface area (Å²) in [6, 6.07) is 0. The van der Waals surface area contributed by atoms with Gasteiger partial charge in [0.2, 0.25) is 0 Å². The Hall–Kier alpha value is 0.583. The van der Waals surface area contributed by atoms with E-state index in [1.54, 1.807) is 6.54 Å². The third kappa shape index (κ3) is 9.77. The van der Waals surface area contributed by atoms with E-state index in [-0.39, 0.29) is 19.5 Å². The Labute approximate surface area is 64.8 Å². The second-order valence-electron chi connectivity index (χ2n) is 1.73. The van der Waals surface area contributed by atoms with Crippen LogP contribution in [0.3, 0.4) is 0 Å². The summed E-state index contributed by atoms with van der Waals surface area (Å²) < 4.78 is 0. The van der Waals surface area contributed by atoms with Gasteiger partial charge in [-0.05, 0) is 0 Å². The van der Waals surface area contributed by atoms with Crippen molar-refractivity contribution in [3.05, 3.63) is 6.54 Å². The molecule has 46 valence electrons. The molecule has 0 rings (SSSR count). The molecule has 0 spiro atoms. The smallest absolute Gasteiger partial charge is 0 e. The standard InChI is InChI=1S/C6H14N.Zn/c1-2-3-4-5-6-7;/h6H,2-5,7H2,1H3;/q-1;. The fourth-order valence-electron chi connectivity index (χ4n) is 0.512. The van der Waals surface area contributed by atoms with Gasteiger partial charge < -0.3 is 5.73 Å². The van der Waals surface area contributed by atoms with Crippen LogP contribution < -0.4 is 5.73 Å². The van der Waals surface area contributed by atoms with Gasteiger partial charge in [0, 0.05) is 19.5 Å². The maximum Gasteiger partial charge on any atom is 0 e. The molecule has 0 amide bonds. The molecule has 0 heterocycles. The van der Waals surface area contributed by atoms with Gasteiger partial charge in [-0.3, -0.25) is 6.54 Å².